The normalized spacial score (nSPS) is 17.8. The second kappa shape index (κ2) is 9.79. The first-order valence-corrected chi connectivity index (χ1v) is 13.9. The number of nitrogens with zero attached hydrogens (tertiary/aromatic N) is 7. The van der Waals surface area contributed by atoms with Crippen LogP contribution in [0, 0.1) is 0 Å². The highest BCUT2D eigenvalue weighted by Gasteiger charge is 2.25. The Morgan fingerprint density at radius 1 is 0.868 bits per heavy atom. The van der Waals surface area contributed by atoms with Gasteiger partial charge in [0.15, 0.2) is 5.82 Å². The van der Waals surface area contributed by atoms with Gasteiger partial charge in [0.05, 0.1) is 17.6 Å². The van der Waals surface area contributed by atoms with Gasteiger partial charge in [-0.2, -0.15) is 9.67 Å². The second-order valence-corrected chi connectivity index (χ2v) is 10.7. The molecule has 9 nitrogen and oxygen atoms in total. The van der Waals surface area contributed by atoms with Crippen molar-refractivity contribution in [3.63, 3.8) is 0 Å². The predicted octanol–water partition coefficient (Wildman–Crippen LogP) is 4.28. The highest BCUT2D eigenvalue weighted by atomic mass is 15.4. The van der Waals surface area contributed by atoms with Gasteiger partial charge in [0.25, 0.3) is 0 Å². The fraction of sp³-hybridized carbons (Fsp3) is 0.414. The molecular weight excluding hydrogens is 474 g/mol. The number of nitrogens with one attached hydrogen (secondary N) is 1. The van der Waals surface area contributed by atoms with Crippen molar-refractivity contribution in [2.24, 2.45) is 0 Å². The summed E-state index contributed by atoms with van der Waals surface area (Å²) in [6.45, 7) is 2.21. The maximum Gasteiger partial charge on any atom is 0.248 e. The van der Waals surface area contributed by atoms with E-state index in [9.17, 15) is 0 Å². The van der Waals surface area contributed by atoms with Gasteiger partial charge in [-0.3, -0.25) is 9.88 Å². The van der Waals surface area contributed by atoms with Crippen molar-refractivity contribution in [1.29, 1.82) is 0 Å². The summed E-state index contributed by atoms with van der Waals surface area (Å²) in [5, 5.41) is 17.0. The van der Waals surface area contributed by atoms with E-state index in [1.165, 1.54) is 42.5 Å². The number of nitrogen functional groups attached to an aromatic ring is 1. The minimum atomic E-state index is 0.269. The lowest BCUT2D eigenvalue weighted by Crippen LogP contribution is -2.35. The van der Waals surface area contributed by atoms with Crippen LogP contribution in [0.1, 0.15) is 54.5 Å². The van der Waals surface area contributed by atoms with E-state index in [0.717, 1.165) is 73.7 Å². The monoisotopic (exact) mass is 507 g/mol. The number of hydrogen-bond acceptors (Lipinski definition) is 8. The Morgan fingerprint density at radius 2 is 1.71 bits per heavy atom. The molecule has 3 aliphatic rings. The van der Waals surface area contributed by atoms with Crippen molar-refractivity contribution in [3.8, 4) is 17.1 Å². The molecule has 7 rings (SSSR count). The van der Waals surface area contributed by atoms with E-state index < -0.39 is 0 Å². The molecule has 1 aromatic carbocycles. The molecule has 3 N–H and O–H groups in total. The van der Waals surface area contributed by atoms with E-state index in [2.05, 4.69) is 60.8 Å². The number of nitrogens with two attached hydrogens (primary N) is 1. The molecule has 0 unspecified atom stereocenters. The Balaban J connectivity index is 1.10. The molecule has 0 atom stereocenters. The molecule has 1 fully saturated rings. The van der Waals surface area contributed by atoms with Crippen molar-refractivity contribution < 1.29 is 0 Å². The van der Waals surface area contributed by atoms with E-state index in [1.54, 1.807) is 4.68 Å². The van der Waals surface area contributed by atoms with Crippen LogP contribution in [0.5, 0.6) is 0 Å². The highest BCUT2D eigenvalue weighted by Crippen LogP contribution is 2.31. The lowest BCUT2D eigenvalue weighted by Gasteiger charge is -2.26. The summed E-state index contributed by atoms with van der Waals surface area (Å²) in [4.78, 5) is 11.9. The first-order valence-electron chi connectivity index (χ1n) is 13.9. The van der Waals surface area contributed by atoms with Gasteiger partial charge in [0.1, 0.15) is 0 Å². The second-order valence-electron chi connectivity index (χ2n) is 10.7. The van der Waals surface area contributed by atoms with Gasteiger partial charge >= 0.3 is 0 Å². The third kappa shape index (κ3) is 4.41. The van der Waals surface area contributed by atoms with Gasteiger partial charge < -0.3 is 11.1 Å². The van der Waals surface area contributed by atoms with Gasteiger partial charge in [-0.25, -0.2) is 0 Å². The minimum absolute atomic E-state index is 0.269. The van der Waals surface area contributed by atoms with Crippen molar-refractivity contribution >= 4 is 17.6 Å². The number of rotatable bonds is 4. The highest BCUT2D eigenvalue weighted by molar-refractivity contribution is 5.68. The first kappa shape index (κ1) is 23.3. The van der Waals surface area contributed by atoms with Gasteiger partial charge in [0.2, 0.25) is 11.9 Å². The standard InChI is InChI=1S/C29H33N9/c30-28-33-29(32-22-16-20-12-14-37(23-9-2-3-10-23)15-13-25(20)31-18-22)36-38(28)26-17-21-8-5-7-19-6-1-4-11-24(19)27(21)35-34-26/h1,4,6,11,16-18,23H,2-3,5,7-10,12-15H2,(H3,30,32,33,36). The van der Waals surface area contributed by atoms with E-state index in [1.807, 2.05) is 12.3 Å². The number of anilines is 3. The third-order valence-electron chi connectivity index (χ3n) is 8.34. The molecule has 2 aliphatic carbocycles. The Hall–Kier alpha value is -3.85. The molecular formula is C29H33N9. The molecule has 9 heteroatoms. The van der Waals surface area contributed by atoms with Gasteiger partial charge in [-0.1, -0.05) is 37.1 Å². The van der Waals surface area contributed by atoms with Crippen molar-refractivity contribution in [2.75, 3.05) is 24.1 Å². The zero-order valence-electron chi connectivity index (χ0n) is 21.6. The summed E-state index contributed by atoms with van der Waals surface area (Å²) in [6, 6.07) is 13.4. The summed E-state index contributed by atoms with van der Waals surface area (Å²) in [7, 11) is 0. The van der Waals surface area contributed by atoms with Crippen LogP contribution < -0.4 is 11.1 Å². The molecule has 4 aromatic rings. The summed E-state index contributed by atoms with van der Waals surface area (Å²) in [5.41, 5.74) is 14.2. The number of benzene rings is 1. The molecule has 0 amide bonds. The van der Waals surface area contributed by atoms with E-state index >= 15 is 0 Å². The Bertz CT molecular complexity index is 1470. The summed E-state index contributed by atoms with van der Waals surface area (Å²) >= 11 is 0. The minimum Gasteiger partial charge on any atom is -0.368 e. The Labute approximate surface area is 222 Å². The fourth-order valence-electron chi connectivity index (χ4n) is 6.36. The number of fused-ring (bicyclic) bond motifs is 4. The van der Waals surface area contributed by atoms with Gasteiger partial charge in [-0.05, 0) is 67.3 Å². The fourth-order valence-corrected chi connectivity index (χ4v) is 6.36. The zero-order valence-corrected chi connectivity index (χ0v) is 21.6. The first-order chi connectivity index (χ1) is 18.7. The van der Waals surface area contributed by atoms with Gasteiger partial charge in [-0.15, -0.1) is 15.3 Å². The molecule has 1 aliphatic heterocycles. The lowest BCUT2D eigenvalue weighted by atomic mass is 10.0. The molecule has 3 aromatic heterocycles. The molecule has 0 saturated heterocycles. The summed E-state index contributed by atoms with van der Waals surface area (Å²) in [6.07, 6.45) is 12.4. The quantitative estimate of drug-likeness (QED) is 0.421. The SMILES string of the molecule is Nc1nc(Nc2cnc3c(c2)CCN(C2CCCC2)CC3)nn1-c1cc2c(nn1)-c1ccccc1CCC2. The van der Waals surface area contributed by atoms with Crippen LogP contribution in [0.4, 0.5) is 17.6 Å². The molecule has 0 bridgehead atoms. The molecule has 4 heterocycles. The Morgan fingerprint density at radius 3 is 2.63 bits per heavy atom. The zero-order chi connectivity index (χ0) is 25.5. The maximum atomic E-state index is 6.28. The Kier molecular flexibility index (Phi) is 6.00. The van der Waals surface area contributed by atoms with Crippen LogP contribution in [-0.2, 0) is 25.7 Å². The molecule has 38 heavy (non-hydrogen) atoms. The number of pyridine rings is 1. The van der Waals surface area contributed by atoms with E-state index in [-0.39, 0.29) is 5.95 Å². The number of aromatic nitrogens is 6. The van der Waals surface area contributed by atoms with Crippen LogP contribution >= 0.6 is 0 Å². The molecule has 1 saturated carbocycles. The predicted molar refractivity (Wildman–Crippen MR) is 148 cm³/mol. The molecule has 0 spiro atoms. The van der Waals surface area contributed by atoms with Crippen LogP contribution in [-0.4, -0.2) is 54.0 Å². The number of hydrogen-bond donors (Lipinski definition) is 2. The lowest BCUT2D eigenvalue weighted by molar-refractivity contribution is 0.208. The average Bonchev–Trinajstić information content (AvgIpc) is 3.49. The van der Waals surface area contributed by atoms with Crippen LogP contribution in [0.25, 0.3) is 17.1 Å². The van der Waals surface area contributed by atoms with E-state index in [4.69, 9.17) is 10.7 Å². The van der Waals surface area contributed by atoms with E-state index in [0.29, 0.717) is 11.8 Å². The van der Waals surface area contributed by atoms with Crippen molar-refractivity contribution in [3.05, 3.63) is 65.0 Å². The molecule has 194 valence electrons. The van der Waals surface area contributed by atoms with Crippen LogP contribution in [0.15, 0.2) is 42.6 Å². The van der Waals surface area contributed by atoms with Gasteiger partial charge in [0, 0.05) is 36.8 Å². The smallest absolute Gasteiger partial charge is 0.248 e. The number of aryl methyl sites for hydroxylation is 2. The van der Waals surface area contributed by atoms with Crippen molar-refractivity contribution in [1.82, 2.24) is 34.8 Å². The largest absolute Gasteiger partial charge is 0.368 e. The molecule has 0 radical (unpaired) electrons. The average molecular weight is 508 g/mol. The summed E-state index contributed by atoms with van der Waals surface area (Å²) < 4.78 is 1.56. The topological polar surface area (TPSA) is 111 Å². The van der Waals surface area contributed by atoms with Crippen LogP contribution in [0.3, 0.4) is 0 Å². The third-order valence-corrected chi connectivity index (χ3v) is 8.34. The van der Waals surface area contributed by atoms with Crippen molar-refractivity contribution in [2.45, 2.75) is 63.8 Å². The maximum absolute atomic E-state index is 6.28. The van der Waals surface area contributed by atoms with Crippen LogP contribution in [0.2, 0.25) is 0 Å². The summed E-state index contributed by atoms with van der Waals surface area (Å²) in [5.74, 6) is 1.27.